The van der Waals surface area contributed by atoms with Crippen LogP contribution in [0.2, 0.25) is 0 Å². The molecule has 0 radical (unpaired) electrons. The average molecular weight is 275 g/mol. The standard InChI is InChI=1S/C9H7FIN/c1-6-4-8(10)7(2-3-12)5-9(6)11/h4-5H,2H2,1H3. The van der Waals surface area contributed by atoms with Crippen LogP contribution in [0.15, 0.2) is 12.1 Å². The number of nitriles is 1. The van der Waals surface area contributed by atoms with Gasteiger partial charge in [-0.15, -0.1) is 0 Å². The fourth-order valence-electron chi connectivity index (χ4n) is 0.908. The van der Waals surface area contributed by atoms with Crippen molar-refractivity contribution in [2.75, 3.05) is 0 Å². The fraction of sp³-hybridized carbons (Fsp3) is 0.222. The minimum atomic E-state index is -0.283. The maximum Gasteiger partial charge on any atom is 0.127 e. The Kier molecular flexibility index (Phi) is 3.04. The molecule has 12 heavy (non-hydrogen) atoms. The molecule has 1 rings (SSSR count). The summed E-state index contributed by atoms with van der Waals surface area (Å²) >= 11 is 2.13. The number of benzene rings is 1. The van der Waals surface area contributed by atoms with Gasteiger partial charge >= 0.3 is 0 Å². The largest absolute Gasteiger partial charge is 0.207 e. The van der Waals surface area contributed by atoms with Gasteiger partial charge in [-0.3, -0.25) is 0 Å². The molecule has 0 aromatic heterocycles. The van der Waals surface area contributed by atoms with Crippen molar-refractivity contribution in [1.29, 1.82) is 5.26 Å². The molecule has 0 atom stereocenters. The lowest BCUT2D eigenvalue weighted by molar-refractivity contribution is 0.613. The molecule has 0 N–H and O–H groups in total. The lowest BCUT2D eigenvalue weighted by Crippen LogP contribution is -1.92. The molecular weight excluding hydrogens is 268 g/mol. The van der Waals surface area contributed by atoms with Crippen LogP contribution in [0, 0.1) is 27.6 Å². The van der Waals surface area contributed by atoms with Gasteiger partial charge in [0.05, 0.1) is 12.5 Å². The maximum atomic E-state index is 13.1. The van der Waals surface area contributed by atoms with E-state index < -0.39 is 0 Å². The van der Waals surface area contributed by atoms with Crippen LogP contribution in [-0.2, 0) is 6.42 Å². The second-order valence-corrected chi connectivity index (χ2v) is 3.69. The molecule has 1 aromatic carbocycles. The zero-order valence-corrected chi connectivity index (χ0v) is 8.72. The van der Waals surface area contributed by atoms with E-state index in [1.54, 1.807) is 6.07 Å². The minimum absolute atomic E-state index is 0.141. The summed E-state index contributed by atoms with van der Waals surface area (Å²) in [5.41, 5.74) is 1.39. The van der Waals surface area contributed by atoms with Crippen molar-refractivity contribution in [2.24, 2.45) is 0 Å². The van der Waals surface area contributed by atoms with Gasteiger partial charge < -0.3 is 0 Å². The number of hydrogen-bond donors (Lipinski definition) is 0. The third-order valence-electron chi connectivity index (χ3n) is 1.60. The second-order valence-electron chi connectivity index (χ2n) is 2.53. The van der Waals surface area contributed by atoms with Crippen molar-refractivity contribution in [3.63, 3.8) is 0 Å². The summed E-state index contributed by atoms with van der Waals surface area (Å²) in [7, 11) is 0. The topological polar surface area (TPSA) is 23.8 Å². The van der Waals surface area contributed by atoms with Gasteiger partial charge in [-0.05, 0) is 47.2 Å². The number of halogens is 2. The van der Waals surface area contributed by atoms with Crippen LogP contribution in [0.1, 0.15) is 11.1 Å². The van der Waals surface area contributed by atoms with Gasteiger partial charge in [-0.2, -0.15) is 5.26 Å². The predicted octanol–water partition coefficient (Wildman–Crippen LogP) is 2.80. The Morgan fingerprint density at radius 1 is 1.58 bits per heavy atom. The van der Waals surface area contributed by atoms with Crippen molar-refractivity contribution < 1.29 is 4.39 Å². The highest BCUT2D eigenvalue weighted by atomic mass is 127. The average Bonchev–Trinajstić information content (AvgIpc) is 2.01. The molecule has 0 aliphatic carbocycles. The van der Waals surface area contributed by atoms with Gasteiger partial charge in [0.2, 0.25) is 0 Å². The van der Waals surface area contributed by atoms with Crippen molar-refractivity contribution >= 4 is 22.6 Å². The Bertz CT molecular complexity index is 341. The summed E-state index contributed by atoms with van der Waals surface area (Å²) in [6, 6.07) is 5.11. The third-order valence-corrected chi connectivity index (χ3v) is 2.76. The first-order valence-corrected chi connectivity index (χ1v) is 4.54. The first-order chi connectivity index (χ1) is 5.65. The third kappa shape index (κ3) is 1.95. The number of hydrogen-bond acceptors (Lipinski definition) is 1. The van der Waals surface area contributed by atoms with E-state index >= 15 is 0 Å². The number of rotatable bonds is 1. The molecule has 0 aliphatic heterocycles. The van der Waals surface area contributed by atoms with Crippen molar-refractivity contribution in [1.82, 2.24) is 0 Å². The molecular formula is C9H7FIN. The van der Waals surface area contributed by atoms with Gasteiger partial charge in [-0.25, -0.2) is 4.39 Å². The molecule has 0 amide bonds. The molecule has 62 valence electrons. The van der Waals surface area contributed by atoms with Crippen LogP contribution < -0.4 is 0 Å². The van der Waals surface area contributed by atoms with E-state index in [4.69, 9.17) is 5.26 Å². The summed E-state index contributed by atoms with van der Waals surface area (Å²) in [5, 5.41) is 8.39. The fourth-order valence-corrected chi connectivity index (χ4v) is 1.44. The van der Waals surface area contributed by atoms with E-state index in [2.05, 4.69) is 22.6 Å². The minimum Gasteiger partial charge on any atom is -0.207 e. The maximum absolute atomic E-state index is 13.1. The Hall–Kier alpha value is -0.630. The Morgan fingerprint density at radius 2 is 2.25 bits per heavy atom. The van der Waals surface area contributed by atoms with Crippen LogP contribution in [-0.4, -0.2) is 0 Å². The molecule has 0 saturated carbocycles. The van der Waals surface area contributed by atoms with E-state index in [9.17, 15) is 4.39 Å². The molecule has 0 spiro atoms. The molecule has 0 heterocycles. The highest BCUT2D eigenvalue weighted by Crippen LogP contribution is 2.17. The van der Waals surface area contributed by atoms with Crippen molar-refractivity contribution in [2.45, 2.75) is 13.3 Å². The number of aryl methyl sites for hydroxylation is 1. The first-order valence-electron chi connectivity index (χ1n) is 3.46. The van der Waals surface area contributed by atoms with Gasteiger partial charge in [0.1, 0.15) is 5.82 Å². The Labute approximate surface area is 84.3 Å². The van der Waals surface area contributed by atoms with Crippen molar-refractivity contribution in [3.05, 3.63) is 32.6 Å². The summed E-state index contributed by atoms with van der Waals surface area (Å²) in [5.74, 6) is -0.283. The van der Waals surface area contributed by atoms with Gasteiger partial charge in [0.15, 0.2) is 0 Å². The van der Waals surface area contributed by atoms with E-state index in [1.807, 2.05) is 13.0 Å². The van der Waals surface area contributed by atoms with E-state index in [0.29, 0.717) is 5.56 Å². The summed E-state index contributed by atoms with van der Waals surface area (Å²) in [6.07, 6.45) is 0.141. The molecule has 0 fully saturated rings. The molecule has 0 bridgehead atoms. The van der Waals surface area contributed by atoms with Crippen LogP contribution in [0.25, 0.3) is 0 Å². The molecule has 0 unspecified atom stereocenters. The SMILES string of the molecule is Cc1cc(F)c(CC#N)cc1I. The molecule has 1 nitrogen and oxygen atoms in total. The smallest absolute Gasteiger partial charge is 0.127 e. The zero-order chi connectivity index (χ0) is 9.14. The van der Waals surface area contributed by atoms with Crippen LogP contribution in [0.3, 0.4) is 0 Å². The van der Waals surface area contributed by atoms with Crippen LogP contribution in [0.5, 0.6) is 0 Å². The summed E-state index contributed by atoms with van der Waals surface area (Å²) in [4.78, 5) is 0. The van der Waals surface area contributed by atoms with E-state index in [1.165, 1.54) is 6.07 Å². The molecule has 1 aromatic rings. The van der Waals surface area contributed by atoms with E-state index in [0.717, 1.165) is 9.13 Å². The van der Waals surface area contributed by atoms with Crippen LogP contribution in [0.4, 0.5) is 4.39 Å². The van der Waals surface area contributed by atoms with Gasteiger partial charge in [0.25, 0.3) is 0 Å². The molecule has 0 saturated heterocycles. The van der Waals surface area contributed by atoms with Gasteiger partial charge in [-0.1, -0.05) is 0 Å². The molecule has 3 heteroatoms. The Morgan fingerprint density at radius 3 is 2.83 bits per heavy atom. The predicted molar refractivity (Wildman–Crippen MR) is 53.2 cm³/mol. The van der Waals surface area contributed by atoms with Crippen molar-refractivity contribution in [3.8, 4) is 6.07 Å². The lowest BCUT2D eigenvalue weighted by Gasteiger charge is -2.01. The quantitative estimate of drug-likeness (QED) is 0.723. The highest BCUT2D eigenvalue weighted by molar-refractivity contribution is 14.1. The first kappa shape index (κ1) is 9.46. The highest BCUT2D eigenvalue weighted by Gasteiger charge is 2.04. The summed E-state index contributed by atoms with van der Waals surface area (Å²) < 4.78 is 14.1. The van der Waals surface area contributed by atoms with Gasteiger partial charge in [0, 0.05) is 9.13 Å². The zero-order valence-electron chi connectivity index (χ0n) is 6.56. The second kappa shape index (κ2) is 3.85. The molecule has 0 aliphatic rings. The number of nitrogens with zero attached hydrogens (tertiary/aromatic N) is 1. The monoisotopic (exact) mass is 275 g/mol. The lowest BCUT2D eigenvalue weighted by atomic mass is 10.1. The Balaban J connectivity index is 3.16. The van der Waals surface area contributed by atoms with E-state index in [-0.39, 0.29) is 12.2 Å². The van der Waals surface area contributed by atoms with Crippen LogP contribution >= 0.6 is 22.6 Å². The summed E-state index contributed by atoms with van der Waals surface area (Å²) in [6.45, 7) is 1.85. The normalized spacial score (nSPS) is 9.50.